The lowest BCUT2D eigenvalue weighted by molar-refractivity contribution is 0.102. The minimum Gasteiger partial charge on any atom is -0.496 e. The topological polar surface area (TPSA) is 65.4 Å². The summed E-state index contributed by atoms with van der Waals surface area (Å²) in [6, 6.07) is 16.7. The van der Waals surface area contributed by atoms with Gasteiger partial charge in [-0.15, -0.1) is 0 Å². The second-order valence-corrected chi connectivity index (χ2v) is 9.98. The highest BCUT2D eigenvalue weighted by Crippen LogP contribution is 2.27. The number of carbonyl (C=O) groups is 1. The Morgan fingerprint density at radius 1 is 1.03 bits per heavy atom. The second-order valence-electron chi connectivity index (χ2n) is 8.31. The number of benzene rings is 3. The zero-order chi connectivity index (χ0) is 25.8. The molecular weight excluding hydrogens is 565 g/mol. The van der Waals surface area contributed by atoms with Gasteiger partial charge in [0.15, 0.2) is 5.82 Å². The van der Waals surface area contributed by atoms with Gasteiger partial charge < -0.3 is 14.8 Å². The summed E-state index contributed by atoms with van der Waals surface area (Å²) in [6.07, 6.45) is 1.79. The van der Waals surface area contributed by atoms with Crippen molar-refractivity contribution in [3.05, 3.63) is 103 Å². The Morgan fingerprint density at radius 3 is 2.58 bits per heavy atom. The highest BCUT2D eigenvalue weighted by Gasteiger charge is 2.15. The molecule has 186 valence electrons. The van der Waals surface area contributed by atoms with E-state index in [1.165, 1.54) is 0 Å². The highest BCUT2D eigenvalue weighted by atomic mass is 79.9. The highest BCUT2D eigenvalue weighted by molar-refractivity contribution is 9.10. The predicted octanol–water partition coefficient (Wildman–Crippen LogP) is 7.46. The van der Waals surface area contributed by atoms with E-state index in [0.29, 0.717) is 38.2 Å². The van der Waals surface area contributed by atoms with E-state index in [4.69, 9.17) is 32.7 Å². The molecule has 0 saturated carbocycles. The molecule has 0 unspecified atom stereocenters. The SMILES string of the molecule is COc1ccc(C(=O)Nc2nn(Cc3ccc(Cl)c(Cl)c3)cc2Br)cc1COc1cc(C)ccc1C. The number of amides is 1. The first-order valence-electron chi connectivity index (χ1n) is 11.1. The summed E-state index contributed by atoms with van der Waals surface area (Å²) in [5.74, 6) is 1.54. The number of hydrogen-bond donors (Lipinski definition) is 1. The van der Waals surface area contributed by atoms with Crippen LogP contribution < -0.4 is 14.8 Å². The summed E-state index contributed by atoms with van der Waals surface area (Å²) in [5.41, 5.74) is 4.30. The maximum atomic E-state index is 13.0. The summed E-state index contributed by atoms with van der Waals surface area (Å²) >= 11 is 15.6. The molecule has 0 radical (unpaired) electrons. The Morgan fingerprint density at radius 2 is 1.83 bits per heavy atom. The van der Waals surface area contributed by atoms with Crippen LogP contribution in [0, 0.1) is 13.8 Å². The van der Waals surface area contributed by atoms with E-state index < -0.39 is 0 Å². The summed E-state index contributed by atoms with van der Waals surface area (Å²) in [7, 11) is 1.59. The minimum absolute atomic E-state index is 0.260. The van der Waals surface area contributed by atoms with Crippen molar-refractivity contribution in [2.24, 2.45) is 0 Å². The molecule has 0 fully saturated rings. The Labute approximate surface area is 228 Å². The third kappa shape index (κ3) is 6.22. The number of aromatic nitrogens is 2. The smallest absolute Gasteiger partial charge is 0.256 e. The Hall–Kier alpha value is -3.00. The van der Waals surface area contributed by atoms with E-state index in [2.05, 4.69) is 26.3 Å². The Balaban J connectivity index is 1.48. The van der Waals surface area contributed by atoms with E-state index in [-0.39, 0.29) is 12.5 Å². The van der Waals surface area contributed by atoms with Crippen LogP contribution in [-0.2, 0) is 13.2 Å². The van der Waals surface area contributed by atoms with E-state index in [1.54, 1.807) is 48.3 Å². The third-order valence-corrected chi connectivity index (χ3v) is 6.87. The zero-order valence-corrected chi connectivity index (χ0v) is 23.0. The number of nitrogens with one attached hydrogen (secondary N) is 1. The molecule has 1 aromatic heterocycles. The quantitative estimate of drug-likeness (QED) is 0.232. The van der Waals surface area contributed by atoms with Crippen molar-refractivity contribution in [3.63, 3.8) is 0 Å². The van der Waals surface area contributed by atoms with Crippen LogP contribution in [0.2, 0.25) is 10.0 Å². The van der Waals surface area contributed by atoms with Gasteiger partial charge in [0.1, 0.15) is 18.1 Å². The van der Waals surface area contributed by atoms with Crippen LogP contribution in [-0.4, -0.2) is 22.8 Å². The lowest BCUT2D eigenvalue weighted by atomic mass is 10.1. The normalized spacial score (nSPS) is 10.8. The fourth-order valence-electron chi connectivity index (χ4n) is 3.62. The van der Waals surface area contributed by atoms with Crippen LogP contribution in [0.1, 0.15) is 32.6 Å². The van der Waals surface area contributed by atoms with Gasteiger partial charge in [-0.1, -0.05) is 41.4 Å². The minimum atomic E-state index is -0.300. The number of anilines is 1. The van der Waals surface area contributed by atoms with Gasteiger partial charge in [0.05, 0.1) is 28.2 Å². The Bertz CT molecular complexity index is 1420. The van der Waals surface area contributed by atoms with Crippen LogP contribution in [0.25, 0.3) is 0 Å². The number of rotatable bonds is 8. The molecule has 1 N–H and O–H groups in total. The van der Waals surface area contributed by atoms with Crippen LogP contribution in [0.3, 0.4) is 0 Å². The predicted molar refractivity (Wildman–Crippen MR) is 147 cm³/mol. The molecule has 0 spiro atoms. The van der Waals surface area contributed by atoms with Crippen LogP contribution in [0.5, 0.6) is 11.5 Å². The molecule has 9 heteroatoms. The van der Waals surface area contributed by atoms with Gasteiger partial charge in [-0.25, -0.2) is 0 Å². The summed E-state index contributed by atoms with van der Waals surface area (Å²) in [4.78, 5) is 13.0. The summed E-state index contributed by atoms with van der Waals surface area (Å²) in [5, 5.41) is 8.32. The molecule has 4 aromatic rings. The van der Waals surface area contributed by atoms with Crippen molar-refractivity contribution in [1.82, 2.24) is 9.78 Å². The molecule has 3 aromatic carbocycles. The number of aryl methyl sites for hydroxylation is 2. The number of halogens is 3. The van der Waals surface area contributed by atoms with Gasteiger partial charge in [-0.2, -0.15) is 5.10 Å². The zero-order valence-electron chi connectivity index (χ0n) is 19.9. The molecule has 1 heterocycles. The van der Waals surface area contributed by atoms with Crippen molar-refractivity contribution < 1.29 is 14.3 Å². The first-order chi connectivity index (χ1) is 17.2. The number of carbonyl (C=O) groups excluding carboxylic acids is 1. The van der Waals surface area contributed by atoms with E-state index >= 15 is 0 Å². The maximum absolute atomic E-state index is 13.0. The molecule has 0 saturated heterocycles. The van der Waals surface area contributed by atoms with Crippen LogP contribution in [0.15, 0.2) is 65.3 Å². The second kappa shape index (κ2) is 11.4. The van der Waals surface area contributed by atoms with Crippen LogP contribution >= 0.6 is 39.1 Å². The first kappa shape index (κ1) is 26.1. The standard InChI is InChI=1S/C27H24BrCl2N3O3/c1-16-4-5-17(2)25(10-16)36-15-20-12-19(7-9-24(20)35-3)27(34)31-26-21(28)14-33(32-26)13-18-6-8-22(29)23(30)11-18/h4-12,14H,13,15H2,1-3H3,(H,31,32,34). The molecule has 6 nitrogen and oxygen atoms in total. The lowest BCUT2D eigenvalue weighted by Crippen LogP contribution is -2.14. The lowest BCUT2D eigenvalue weighted by Gasteiger charge is -2.14. The number of nitrogens with zero attached hydrogens (tertiary/aromatic N) is 2. The fourth-order valence-corrected chi connectivity index (χ4v) is 4.35. The number of methoxy groups -OCH3 is 1. The molecule has 0 aliphatic rings. The van der Waals surface area contributed by atoms with Gasteiger partial charge in [0, 0.05) is 17.3 Å². The third-order valence-electron chi connectivity index (χ3n) is 5.55. The van der Waals surface area contributed by atoms with Crippen molar-refractivity contribution in [3.8, 4) is 11.5 Å². The molecule has 1 amide bonds. The number of hydrogen-bond acceptors (Lipinski definition) is 4. The van der Waals surface area contributed by atoms with Crippen molar-refractivity contribution in [2.45, 2.75) is 27.0 Å². The van der Waals surface area contributed by atoms with Gasteiger partial charge in [0.25, 0.3) is 5.91 Å². The molecular formula is C27H24BrCl2N3O3. The molecule has 0 atom stereocenters. The molecule has 4 rings (SSSR count). The van der Waals surface area contributed by atoms with Gasteiger partial charge >= 0.3 is 0 Å². The summed E-state index contributed by atoms with van der Waals surface area (Å²) < 4.78 is 13.9. The van der Waals surface area contributed by atoms with Crippen molar-refractivity contribution in [1.29, 1.82) is 0 Å². The maximum Gasteiger partial charge on any atom is 0.256 e. The fraction of sp³-hybridized carbons (Fsp3) is 0.185. The van der Waals surface area contributed by atoms with Gasteiger partial charge in [-0.3, -0.25) is 9.48 Å². The first-order valence-corrected chi connectivity index (χ1v) is 12.6. The van der Waals surface area contributed by atoms with Crippen molar-refractivity contribution in [2.75, 3.05) is 12.4 Å². The van der Waals surface area contributed by atoms with Gasteiger partial charge in [-0.05, 0) is 82.9 Å². The average Bonchev–Trinajstić information content (AvgIpc) is 3.19. The monoisotopic (exact) mass is 587 g/mol. The Kier molecular flexibility index (Phi) is 8.24. The largest absolute Gasteiger partial charge is 0.496 e. The van der Waals surface area contributed by atoms with E-state index in [9.17, 15) is 4.79 Å². The molecule has 0 bridgehead atoms. The van der Waals surface area contributed by atoms with E-state index in [0.717, 1.165) is 28.0 Å². The molecule has 0 aliphatic carbocycles. The van der Waals surface area contributed by atoms with Crippen molar-refractivity contribution >= 4 is 50.9 Å². The molecule has 36 heavy (non-hydrogen) atoms. The van der Waals surface area contributed by atoms with Gasteiger partial charge in [0.2, 0.25) is 0 Å². The van der Waals surface area contributed by atoms with Crippen LogP contribution in [0.4, 0.5) is 5.82 Å². The average molecular weight is 589 g/mol. The number of ether oxygens (including phenoxy) is 2. The molecule has 0 aliphatic heterocycles. The van der Waals surface area contributed by atoms with E-state index in [1.807, 2.05) is 38.1 Å². The summed E-state index contributed by atoms with van der Waals surface area (Å²) in [6.45, 7) is 4.74.